The molecule has 1 unspecified atom stereocenters. The van der Waals surface area contributed by atoms with Crippen molar-refractivity contribution in [3.63, 3.8) is 0 Å². The average molecular weight is 242 g/mol. The van der Waals surface area contributed by atoms with E-state index in [2.05, 4.69) is 5.32 Å². The van der Waals surface area contributed by atoms with Gasteiger partial charge in [0.1, 0.15) is 5.88 Å². The fraction of sp³-hybridized carbons (Fsp3) is 0.417. The Hall–Kier alpha value is -1.06. The van der Waals surface area contributed by atoms with Gasteiger partial charge in [-0.3, -0.25) is 4.79 Å². The second kappa shape index (κ2) is 7.25. The van der Waals surface area contributed by atoms with Crippen LogP contribution in [0.4, 0.5) is 0 Å². The number of rotatable bonds is 6. The summed E-state index contributed by atoms with van der Waals surface area (Å²) in [7, 11) is 0. The zero-order valence-corrected chi connectivity index (χ0v) is 9.78. The number of aliphatic hydroxyl groups excluding tert-OH is 1. The molecule has 4 heteroatoms. The van der Waals surface area contributed by atoms with Crippen molar-refractivity contribution in [2.45, 2.75) is 18.9 Å². The molecule has 0 heterocycles. The zero-order valence-electron chi connectivity index (χ0n) is 9.03. The Morgan fingerprint density at radius 3 is 2.69 bits per heavy atom. The standard InChI is InChI=1S/C12H16ClNO2/c13-9-12(16)14-7-6-11(15)8-10-4-2-1-3-5-10/h1-5,11,15H,6-9H2,(H,14,16). The number of carbonyl (C=O) groups excluding carboxylic acids is 1. The van der Waals surface area contributed by atoms with Crippen molar-refractivity contribution in [3.05, 3.63) is 35.9 Å². The van der Waals surface area contributed by atoms with Gasteiger partial charge in [0.2, 0.25) is 5.91 Å². The van der Waals surface area contributed by atoms with E-state index in [0.717, 1.165) is 5.56 Å². The highest BCUT2D eigenvalue weighted by atomic mass is 35.5. The molecule has 16 heavy (non-hydrogen) atoms. The lowest BCUT2D eigenvalue weighted by atomic mass is 10.1. The van der Waals surface area contributed by atoms with Gasteiger partial charge in [-0.1, -0.05) is 30.3 Å². The van der Waals surface area contributed by atoms with Crippen molar-refractivity contribution in [1.29, 1.82) is 0 Å². The van der Waals surface area contributed by atoms with Crippen LogP contribution in [0.5, 0.6) is 0 Å². The largest absolute Gasteiger partial charge is 0.393 e. The van der Waals surface area contributed by atoms with E-state index < -0.39 is 6.10 Å². The summed E-state index contributed by atoms with van der Waals surface area (Å²) < 4.78 is 0. The first-order valence-corrected chi connectivity index (χ1v) is 5.80. The number of carbonyl (C=O) groups is 1. The molecule has 2 N–H and O–H groups in total. The van der Waals surface area contributed by atoms with Crippen LogP contribution in [-0.2, 0) is 11.2 Å². The molecule has 0 fully saturated rings. The summed E-state index contributed by atoms with van der Waals surface area (Å²) in [6.45, 7) is 0.458. The molecule has 1 amide bonds. The molecule has 1 rings (SSSR count). The van der Waals surface area contributed by atoms with Gasteiger partial charge in [0.25, 0.3) is 0 Å². The average Bonchev–Trinajstić information content (AvgIpc) is 2.30. The van der Waals surface area contributed by atoms with Gasteiger partial charge >= 0.3 is 0 Å². The molecule has 0 saturated heterocycles. The Kier molecular flexibility index (Phi) is 5.90. The number of hydrogen-bond acceptors (Lipinski definition) is 2. The van der Waals surface area contributed by atoms with E-state index in [0.29, 0.717) is 19.4 Å². The van der Waals surface area contributed by atoms with Crippen LogP contribution in [-0.4, -0.2) is 29.5 Å². The molecule has 88 valence electrons. The lowest BCUT2D eigenvalue weighted by molar-refractivity contribution is -0.118. The fourth-order valence-corrected chi connectivity index (χ4v) is 1.51. The Morgan fingerprint density at radius 1 is 1.38 bits per heavy atom. The summed E-state index contributed by atoms with van der Waals surface area (Å²) in [5.41, 5.74) is 1.10. The number of aliphatic hydroxyl groups is 1. The second-order valence-electron chi connectivity index (χ2n) is 3.62. The summed E-state index contributed by atoms with van der Waals surface area (Å²) in [6.07, 6.45) is 0.716. The summed E-state index contributed by atoms with van der Waals surface area (Å²) >= 11 is 5.32. The third kappa shape index (κ3) is 5.14. The van der Waals surface area contributed by atoms with Crippen molar-refractivity contribution in [2.75, 3.05) is 12.4 Å². The minimum Gasteiger partial charge on any atom is -0.393 e. The molecule has 0 radical (unpaired) electrons. The molecule has 0 aromatic heterocycles. The number of amides is 1. The number of nitrogens with one attached hydrogen (secondary N) is 1. The maximum absolute atomic E-state index is 10.8. The Balaban J connectivity index is 2.21. The van der Waals surface area contributed by atoms with E-state index in [4.69, 9.17) is 11.6 Å². The van der Waals surface area contributed by atoms with Crippen LogP contribution in [0.1, 0.15) is 12.0 Å². The monoisotopic (exact) mass is 241 g/mol. The quantitative estimate of drug-likeness (QED) is 0.739. The van der Waals surface area contributed by atoms with Crippen molar-refractivity contribution in [2.24, 2.45) is 0 Å². The molecule has 1 aromatic carbocycles. The van der Waals surface area contributed by atoms with Gasteiger partial charge in [-0.15, -0.1) is 11.6 Å². The van der Waals surface area contributed by atoms with Crippen molar-refractivity contribution < 1.29 is 9.90 Å². The first-order valence-electron chi connectivity index (χ1n) is 5.27. The Labute approximate surface area is 100 Å². The number of alkyl halides is 1. The SMILES string of the molecule is O=C(CCl)NCCC(O)Cc1ccccc1. The van der Waals surface area contributed by atoms with Crippen LogP contribution >= 0.6 is 11.6 Å². The van der Waals surface area contributed by atoms with E-state index in [1.54, 1.807) is 0 Å². The van der Waals surface area contributed by atoms with Crippen LogP contribution in [0.15, 0.2) is 30.3 Å². The molecular formula is C12H16ClNO2. The molecule has 0 aliphatic rings. The molecular weight excluding hydrogens is 226 g/mol. The van der Waals surface area contributed by atoms with E-state index in [1.165, 1.54) is 0 Å². The van der Waals surface area contributed by atoms with E-state index in [-0.39, 0.29) is 11.8 Å². The van der Waals surface area contributed by atoms with E-state index in [9.17, 15) is 9.90 Å². The normalized spacial score (nSPS) is 12.1. The predicted molar refractivity (Wildman–Crippen MR) is 64.5 cm³/mol. The molecule has 0 aliphatic carbocycles. The third-order valence-electron chi connectivity index (χ3n) is 2.24. The molecule has 0 saturated carbocycles. The van der Waals surface area contributed by atoms with Crippen molar-refractivity contribution >= 4 is 17.5 Å². The molecule has 0 spiro atoms. The van der Waals surface area contributed by atoms with Gasteiger partial charge in [0.15, 0.2) is 0 Å². The Morgan fingerprint density at radius 2 is 2.06 bits per heavy atom. The van der Waals surface area contributed by atoms with Crippen LogP contribution in [0, 0.1) is 0 Å². The van der Waals surface area contributed by atoms with Crippen LogP contribution in [0.2, 0.25) is 0 Å². The van der Waals surface area contributed by atoms with Gasteiger partial charge in [0.05, 0.1) is 6.10 Å². The van der Waals surface area contributed by atoms with Gasteiger partial charge in [-0.05, 0) is 18.4 Å². The summed E-state index contributed by atoms with van der Waals surface area (Å²) in [5, 5.41) is 12.3. The lowest BCUT2D eigenvalue weighted by Crippen LogP contribution is -2.28. The third-order valence-corrected chi connectivity index (χ3v) is 2.48. The minimum atomic E-state index is -0.432. The Bertz CT molecular complexity index is 316. The zero-order chi connectivity index (χ0) is 11.8. The number of benzene rings is 1. The molecule has 1 aromatic rings. The summed E-state index contributed by atoms with van der Waals surface area (Å²) in [5.74, 6) is -0.233. The topological polar surface area (TPSA) is 49.3 Å². The molecule has 0 aliphatic heterocycles. The van der Waals surface area contributed by atoms with Crippen LogP contribution in [0.3, 0.4) is 0 Å². The van der Waals surface area contributed by atoms with E-state index in [1.807, 2.05) is 30.3 Å². The fourth-order valence-electron chi connectivity index (χ4n) is 1.41. The van der Waals surface area contributed by atoms with Gasteiger partial charge in [-0.2, -0.15) is 0 Å². The maximum atomic E-state index is 10.8. The first-order chi connectivity index (χ1) is 7.72. The van der Waals surface area contributed by atoms with Crippen LogP contribution in [0.25, 0.3) is 0 Å². The maximum Gasteiger partial charge on any atom is 0.234 e. The highest BCUT2D eigenvalue weighted by Crippen LogP contribution is 2.04. The van der Waals surface area contributed by atoms with Crippen LogP contribution < -0.4 is 5.32 Å². The lowest BCUT2D eigenvalue weighted by Gasteiger charge is -2.10. The molecule has 0 bridgehead atoms. The van der Waals surface area contributed by atoms with Gasteiger partial charge in [-0.25, -0.2) is 0 Å². The predicted octanol–water partition coefficient (Wildman–Crippen LogP) is 1.34. The highest BCUT2D eigenvalue weighted by Gasteiger charge is 2.06. The van der Waals surface area contributed by atoms with E-state index >= 15 is 0 Å². The minimum absolute atomic E-state index is 0.0330. The number of hydrogen-bond donors (Lipinski definition) is 2. The first kappa shape index (κ1) is 13.0. The second-order valence-corrected chi connectivity index (χ2v) is 3.88. The van der Waals surface area contributed by atoms with Gasteiger partial charge in [0, 0.05) is 6.54 Å². The van der Waals surface area contributed by atoms with Crippen molar-refractivity contribution in [3.8, 4) is 0 Å². The molecule has 3 nitrogen and oxygen atoms in total. The van der Waals surface area contributed by atoms with Crippen molar-refractivity contribution in [1.82, 2.24) is 5.32 Å². The summed E-state index contributed by atoms with van der Waals surface area (Å²) in [6, 6.07) is 9.77. The summed E-state index contributed by atoms with van der Waals surface area (Å²) in [4.78, 5) is 10.8. The highest BCUT2D eigenvalue weighted by molar-refractivity contribution is 6.27. The smallest absolute Gasteiger partial charge is 0.234 e. The number of halogens is 1. The molecule has 1 atom stereocenters. The van der Waals surface area contributed by atoms with Gasteiger partial charge < -0.3 is 10.4 Å².